The molecule has 1 saturated heterocycles. The van der Waals surface area contributed by atoms with E-state index in [0.717, 1.165) is 25.9 Å². The average molecular weight is 281 g/mol. The molecule has 0 aromatic heterocycles. The average Bonchev–Trinajstić information content (AvgIpc) is 2.44. The smallest absolute Gasteiger partial charge is 0.313 e. The van der Waals surface area contributed by atoms with Gasteiger partial charge in [0.25, 0.3) is 0 Å². The molecular formula is C14H19NO5. The first-order valence-electron chi connectivity index (χ1n) is 6.78. The van der Waals surface area contributed by atoms with Gasteiger partial charge in [-0.05, 0) is 32.3 Å². The number of hydrogen-bond acceptors (Lipinski definition) is 5. The van der Waals surface area contributed by atoms with Crippen molar-refractivity contribution < 1.29 is 19.1 Å². The van der Waals surface area contributed by atoms with E-state index in [0.29, 0.717) is 12.2 Å². The van der Waals surface area contributed by atoms with Gasteiger partial charge in [-0.2, -0.15) is 0 Å². The van der Waals surface area contributed by atoms with Crippen LogP contribution in [-0.2, 0) is 9.47 Å². The zero-order valence-corrected chi connectivity index (χ0v) is 11.5. The van der Waals surface area contributed by atoms with Crippen LogP contribution in [0.25, 0.3) is 0 Å². The summed E-state index contributed by atoms with van der Waals surface area (Å²) >= 11 is 0. The van der Waals surface area contributed by atoms with E-state index in [1.165, 1.54) is 0 Å². The Morgan fingerprint density at radius 3 is 2.95 bits per heavy atom. The molecule has 6 nitrogen and oxygen atoms in total. The molecule has 0 radical (unpaired) electrons. The molecule has 0 N–H and O–H groups in total. The van der Waals surface area contributed by atoms with Gasteiger partial charge in [0.1, 0.15) is 6.61 Å². The van der Waals surface area contributed by atoms with Crippen LogP contribution in [-0.4, -0.2) is 31.0 Å². The van der Waals surface area contributed by atoms with Gasteiger partial charge in [-0.15, -0.1) is 0 Å². The Kier molecular flexibility index (Phi) is 5.31. The Morgan fingerprint density at radius 1 is 1.40 bits per heavy atom. The first-order chi connectivity index (χ1) is 9.68. The number of hydrogen-bond donors (Lipinski definition) is 0. The van der Waals surface area contributed by atoms with E-state index >= 15 is 0 Å². The lowest BCUT2D eigenvalue weighted by Crippen LogP contribution is -2.24. The van der Waals surface area contributed by atoms with E-state index in [1.807, 2.05) is 0 Å². The molecule has 110 valence electrons. The number of nitro benzene ring substituents is 1. The maximum absolute atomic E-state index is 11.0. The predicted molar refractivity (Wildman–Crippen MR) is 72.9 cm³/mol. The van der Waals surface area contributed by atoms with Crippen molar-refractivity contribution in [2.75, 3.05) is 19.8 Å². The minimum Gasteiger partial charge on any atom is -0.484 e. The third kappa shape index (κ3) is 3.91. The molecule has 1 unspecified atom stereocenters. The zero-order valence-electron chi connectivity index (χ0n) is 11.5. The SMILES string of the molecule is Cc1cccc(OCCOC2CCCCO2)c1[N+](=O)[O-]. The van der Waals surface area contributed by atoms with E-state index in [9.17, 15) is 10.1 Å². The minimum atomic E-state index is -0.421. The summed E-state index contributed by atoms with van der Waals surface area (Å²) in [6.45, 7) is 3.05. The molecule has 0 saturated carbocycles. The second kappa shape index (κ2) is 7.21. The maximum Gasteiger partial charge on any atom is 0.313 e. The summed E-state index contributed by atoms with van der Waals surface area (Å²) in [5.74, 6) is 0.281. The predicted octanol–water partition coefficient (Wildman–Crippen LogP) is 2.83. The van der Waals surface area contributed by atoms with E-state index in [1.54, 1.807) is 25.1 Å². The van der Waals surface area contributed by atoms with Gasteiger partial charge < -0.3 is 14.2 Å². The Labute approximate surface area is 117 Å². The molecule has 1 aliphatic rings. The van der Waals surface area contributed by atoms with Crippen molar-refractivity contribution in [1.82, 2.24) is 0 Å². The maximum atomic E-state index is 11.0. The van der Waals surface area contributed by atoms with Crippen molar-refractivity contribution in [3.8, 4) is 5.75 Å². The standard InChI is InChI=1S/C14H19NO5/c1-11-5-4-6-12(14(11)15(16)17)18-9-10-20-13-7-2-3-8-19-13/h4-6,13H,2-3,7-10H2,1H3. The molecule has 1 fully saturated rings. The number of para-hydroxylation sites is 1. The number of ether oxygens (including phenoxy) is 3. The summed E-state index contributed by atoms with van der Waals surface area (Å²) in [6.07, 6.45) is 2.91. The number of benzene rings is 1. The van der Waals surface area contributed by atoms with Crippen LogP contribution in [0.5, 0.6) is 5.75 Å². The van der Waals surface area contributed by atoms with Crippen LogP contribution in [0, 0.1) is 17.0 Å². The van der Waals surface area contributed by atoms with E-state index in [4.69, 9.17) is 14.2 Å². The summed E-state index contributed by atoms with van der Waals surface area (Å²) < 4.78 is 16.4. The lowest BCUT2D eigenvalue weighted by atomic mass is 10.2. The third-order valence-corrected chi connectivity index (χ3v) is 3.17. The first-order valence-corrected chi connectivity index (χ1v) is 6.78. The van der Waals surface area contributed by atoms with Gasteiger partial charge in [-0.3, -0.25) is 10.1 Å². The Balaban J connectivity index is 1.82. The van der Waals surface area contributed by atoms with Gasteiger partial charge in [0.05, 0.1) is 11.5 Å². The van der Waals surface area contributed by atoms with Gasteiger partial charge in [0, 0.05) is 12.2 Å². The summed E-state index contributed by atoms with van der Waals surface area (Å²) in [5.41, 5.74) is 0.602. The summed E-state index contributed by atoms with van der Waals surface area (Å²) in [4.78, 5) is 10.6. The molecule has 1 aliphatic heterocycles. The fraction of sp³-hybridized carbons (Fsp3) is 0.571. The van der Waals surface area contributed by atoms with Crippen molar-refractivity contribution in [2.45, 2.75) is 32.5 Å². The van der Waals surface area contributed by atoms with Crippen LogP contribution < -0.4 is 4.74 Å². The van der Waals surface area contributed by atoms with Crippen LogP contribution in [0.4, 0.5) is 5.69 Å². The Hall–Kier alpha value is -1.66. The molecule has 1 aromatic rings. The minimum absolute atomic E-state index is 0.0152. The topological polar surface area (TPSA) is 70.8 Å². The van der Waals surface area contributed by atoms with Gasteiger partial charge in [-0.25, -0.2) is 0 Å². The molecule has 6 heteroatoms. The normalized spacial score (nSPS) is 18.8. The molecule has 0 aliphatic carbocycles. The first kappa shape index (κ1) is 14.7. The number of aryl methyl sites for hydroxylation is 1. The molecule has 0 spiro atoms. The van der Waals surface area contributed by atoms with Crippen molar-refractivity contribution in [3.63, 3.8) is 0 Å². The van der Waals surface area contributed by atoms with Crippen LogP contribution in [0.3, 0.4) is 0 Å². The van der Waals surface area contributed by atoms with Crippen molar-refractivity contribution in [1.29, 1.82) is 0 Å². The van der Waals surface area contributed by atoms with E-state index in [-0.39, 0.29) is 24.3 Å². The van der Waals surface area contributed by atoms with Crippen molar-refractivity contribution in [2.24, 2.45) is 0 Å². The summed E-state index contributed by atoms with van der Waals surface area (Å²) in [7, 11) is 0. The summed E-state index contributed by atoms with van der Waals surface area (Å²) in [6, 6.07) is 5.03. The fourth-order valence-electron chi connectivity index (χ4n) is 2.16. The quantitative estimate of drug-likeness (QED) is 0.455. The van der Waals surface area contributed by atoms with Crippen LogP contribution in [0.1, 0.15) is 24.8 Å². The lowest BCUT2D eigenvalue weighted by Gasteiger charge is -2.22. The van der Waals surface area contributed by atoms with Crippen molar-refractivity contribution in [3.05, 3.63) is 33.9 Å². The van der Waals surface area contributed by atoms with E-state index in [2.05, 4.69) is 0 Å². The van der Waals surface area contributed by atoms with Gasteiger partial charge in [0.2, 0.25) is 0 Å². The highest BCUT2D eigenvalue weighted by Gasteiger charge is 2.18. The lowest BCUT2D eigenvalue weighted by molar-refractivity contribution is -0.386. The highest BCUT2D eigenvalue weighted by Crippen LogP contribution is 2.30. The van der Waals surface area contributed by atoms with Crippen molar-refractivity contribution >= 4 is 5.69 Å². The second-order valence-electron chi connectivity index (χ2n) is 4.69. The van der Waals surface area contributed by atoms with Gasteiger partial charge >= 0.3 is 5.69 Å². The highest BCUT2D eigenvalue weighted by atomic mass is 16.7. The Morgan fingerprint density at radius 2 is 2.25 bits per heavy atom. The van der Waals surface area contributed by atoms with Crippen LogP contribution >= 0.6 is 0 Å². The van der Waals surface area contributed by atoms with Crippen LogP contribution in [0.15, 0.2) is 18.2 Å². The zero-order chi connectivity index (χ0) is 14.4. The highest BCUT2D eigenvalue weighted by molar-refractivity contribution is 5.51. The second-order valence-corrected chi connectivity index (χ2v) is 4.69. The monoisotopic (exact) mass is 281 g/mol. The molecule has 2 rings (SSSR count). The molecule has 0 bridgehead atoms. The number of nitro groups is 1. The molecule has 0 amide bonds. The number of rotatable bonds is 6. The van der Waals surface area contributed by atoms with Gasteiger partial charge in [0.15, 0.2) is 12.0 Å². The summed E-state index contributed by atoms with van der Waals surface area (Å²) in [5, 5.41) is 11.0. The largest absolute Gasteiger partial charge is 0.484 e. The molecule has 1 atom stereocenters. The molecule has 1 aromatic carbocycles. The van der Waals surface area contributed by atoms with Crippen LogP contribution in [0.2, 0.25) is 0 Å². The molecule has 1 heterocycles. The number of nitrogens with zero attached hydrogens (tertiary/aromatic N) is 1. The molecule has 20 heavy (non-hydrogen) atoms. The molecular weight excluding hydrogens is 262 g/mol. The Bertz CT molecular complexity index is 457. The fourth-order valence-corrected chi connectivity index (χ4v) is 2.16. The van der Waals surface area contributed by atoms with Gasteiger partial charge in [-0.1, -0.05) is 12.1 Å². The third-order valence-electron chi connectivity index (χ3n) is 3.17. The van der Waals surface area contributed by atoms with E-state index < -0.39 is 4.92 Å².